The van der Waals surface area contributed by atoms with Gasteiger partial charge >= 0.3 is 0 Å². The Labute approximate surface area is 109 Å². The first kappa shape index (κ1) is 13.5. The van der Waals surface area contributed by atoms with E-state index in [1.807, 2.05) is 31.2 Å². The molecule has 5 heteroatoms. The minimum absolute atomic E-state index is 0.0141. The molecule has 0 amide bonds. The van der Waals surface area contributed by atoms with Crippen LogP contribution in [-0.2, 0) is 15.8 Å². The molecule has 2 N–H and O–H groups in total. The van der Waals surface area contributed by atoms with Gasteiger partial charge in [-0.05, 0) is 25.3 Å². The molecule has 1 aromatic carbocycles. The maximum Gasteiger partial charge on any atom is 0.218 e. The van der Waals surface area contributed by atoms with Crippen molar-refractivity contribution >= 4 is 10.0 Å². The largest absolute Gasteiger partial charge is 0.329 e. The first-order valence-corrected chi connectivity index (χ1v) is 7.89. The molecule has 4 nitrogen and oxygen atoms in total. The maximum atomic E-state index is 12.4. The van der Waals surface area contributed by atoms with Gasteiger partial charge in [0.1, 0.15) is 0 Å². The number of aryl methyl sites for hydroxylation is 1. The summed E-state index contributed by atoms with van der Waals surface area (Å²) in [4.78, 5) is 0. The Morgan fingerprint density at radius 1 is 1.44 bits per heavy atom. The quantitative estimate of drug-likeness (QED) is 0.894. The first-order chi connectivity index (χ1) is 8.53. The number of nitrogens with two attached hydrogens (primary N) is 1. The predicted molar refractivity (Wildman–Crippen MR) is 72.6 cm³/mol. The second-order valence-electron chi connectivity index (χ2n) is 4.89. The summed E-state index contributed by atoms with van der Waals surface area (Å²) in [6.07, 6.45) is 1.79. The van der Waals surface area contributed by atoms with Crippen molar-refractivity contribution in [2.24, 2.45) is 5.73 Å². The number of hydrogen-bond acceptors (Lipinski definition) is 3. The van der Waals surface area contributed by atoms with Crippen LogP contribution in [0.2, 0.25) is 0 Å². The highest BCUT2D eigenvalue weighted by molar-refractivity contribution is 7.88. The summed E-state index contributed by atoms with van der Waals surface area (Å²) in [5.41, 5.74) is 7.56. The van der Waals surface area contributed by atoms with Gasteiger partial charge in [0, 0.05) is 19.1 Å². The van der Waals surface area contributed by atoms with E-state index in [2.05, 4.69) is 0 Å². The van der Waals surface area contributed by atoms with Crippen LogP contribution in [0.5, 0.6) is 0 Å². The van der Waals surface area contributed by atoms with E-state index in [9.17, 15) is 8.42 Å². The highest BCUT2D eigenvalue weighted by Crippen LogP contribution is 2.23. The molecule has 18 heavy (non-hydrogen) atoms. The molecule has 0 bridgehead atoms. The number of rotatable bonds is 4. The third-order valence-electron chi connectivity index (χ3n) is 3.38. The lowest BCUT2D eigenvalue weighted by atomic mass is 10.2. The van der Waals surface area contributed by atoms with E-state index in [-0.39, 0.29) is 11.8 Å². The van der Waals surface area contributed by atoms with Crippen molar-refractivity contribution in [1.82, 2.24) is 4.31 Å². The molecule has 2 rings (SSSR count). The minimum atomic E-state index is -3.24. The fourth-order valence-corrected chi connectivity index (χ4v) is 4.33. The molecule has 100 valence electrons. The van der Waals surface area contributed by atoms with Crippen LogP contribution in [0.25, 0.3) is 0 Å². The third kappa shape index (κ3) is 2.91. The van der Waals surface area contributed by atoms with Gasteiger partial charge < -0.3 is 5.73 Å². The Morgan fingerprint density at radius 2 is 2.22 bits per heavy atom. The lowest BCUT2D eigenvalue weighted by Crippen LogP contribution is -2.40. The maximum absolute atomic E-state index is 12.4. The van der Waals surface area contributed by atoms with Crippen LogP contribution in [-0.4, -0.2) is 31.9 Å². The Hall–Kier alpha value is -0.910. The average molecular weight is 268 g/mol. The smallest absolute Gasteiger partial charge is 0.218 e. The Balaban J connectivity index is 2.17. The summed E-state index contributed by atoms with van der Waals surface area (Å²) < 4.78 is 26.3. The van der Waals surface area contributed by atoms with Crippen molar-refractivity contribution in [2.45, 2.75) is 31.6 Å². The fourth-order valence-electron chi connectivity index (χ4n) is 2.51. The van der Waals surface area contributed by atoms with E-state index in [4.69, 9.17) is 5.73 Å². The van der Waals surface area contributed by atoms with Crippen LogP contribution in [0.3, 0.4) is 0 Å². The fraction of sp³-hybridized carbons (Fsp3) is 0.538. The van der Waals surface area contributed by atoms with E-state index in [0.29, 0.717) is 13.1 Å². The topological polar surface area (TPSA) is 63.4 Å². The lowest BCUT2D eigenvalue weighted by molar-refractivity contribution is 0.392. The van der Waals surface area contributed by atoms with Crippen molar-refractivity contribution in [3.63, 3.8) is 0 Å². The molecular weight excluding hydrogens is 248 g/mol. The molecule has 1 saturated heterocycles. The van der Waals surface area contributed by atoms with Crippen LogP contribution in [0.4, 0.5) is 0 Å². The van der Waals surface area contributed by atoms with E-state index in [0.717, 1.165) is 24.0 Å². The molecule has 1 aliphatic rings. The number of benzene rings is 1. The Bertz CT molecular complexity index is 513. The lowest BCUT2D eigenvalue weighted by Gasteiger charge is -2.22. The zero-order valence-corrected chi connectivity index (χ0v) is 11.5. The summed E-state index contributed by atoms with van der Waals surface area (Å²) in [5, 5.41) is 0. The second kappa shape index (κ2) is 5.38. The van der Waals surface area contributed by atoms with E-state index in [1.165, 1.54) is 0 Å². The molecule has 1 aliphatic heterocycles. The highest BCUT2D eigenvalue weighted by Gasteiger charge is 2.33. The molecular formula is C13H20N2O2S. The summed E-state index contributed by atoms with van der Waals surface area (Å²) in [5.74, 6) is 0.0746. The van der Waals surface area contributed by atoms with Crippen LogP contribution in [0.15, 0.2) is 24.3 Å². The van der Waals surface area contributed by atoms with Gasteiger partial charge in [-0.25, -0.2) is 8.42 Å². The number of sulfonamides is 1. The molecule has 0 aromatic heterocycles. The van der Waals surface area contributed by atoms with Crippen LogP contribution < -0.4 is 5.73 Å². The normalized spacial score (nSPS) is 21.3. The SMILES string of the molecule is Cc1cccc(CS(=O)(=O)N2CCC[C@H]2CN)c1. The Morgan fingerprint density at radius 3 is 2.89 bits per heavy atom. The summed E-state index contributed by atoms with van der Waals surface area (Å²) >= 11 is 0. The molecule has 0 radical (unpaired) electrons. The standard InChI is InChI=1S/C13H20N2O2S/c1-11-4-2-5-12(8-11)10-18(16,17)15-7-3-6-13(15)9-14/h2,4-5,8,13H,3,6-7,9-10,14H2,1H3/t13-/m0/s1. The van der Waals surface area contributed by atoms with Crippen molar-refractivity contribution in [2.75, 3.05) is 13.1 Å². The van der Waals surface area contributed by atoms with Gasteiger partial charge in [-0.15, -0.1) is 0 Å². The summed E-state index contributed by atoms with van der Waals surface area (Å²) in [7, 11) is -3.24. The van der Waals surface area contributed by atoms with E-state index >= 15 is 0 Å². The molecule has 0 aliphatic carbocycles. The molecule has 0 saturated carbocycles. The van der Waals surface area contributed by atoms with Gasteiger partial charge in [0.25, 0.3) is 0 Å². The zero-order valence-electron chi connectivity index (χ0n) is 10.7. The van der Waals surface area contributed by atoms with Crippen molar-refractivity contribution in [1.29, 1.82) is 0 Å². The molecule has 1 atom stereocenters. The summed E-state index contributed by atoms with van der Waals surface area (Å²) in [6.45, 7) is 2.98. The van der Waals surface area contributed by atoms with Crippen LogP contribution >= 0.6 is 0 Å². The predicted octanol–water partition coefficient (Wildman–Crippen LogP) is 1.25. The van der Waals surface area contributed by atoms with Crippen LogP contribution in [0.1, 0.15) is 24.0 Å². The second-order valence-corrected chi connectivity index (χ2v) is 6.81. The van der Waals surface area contributed by atoms with E-state index < -0.39 is 10.0 Å². The van der Waals surface area contributed by atoms with Crippen molar-refractivity contribution in [3.8, 4) is 0 Å². The summed E-state index contributed by atoms with van der Waals surface area (Å²) in [6, 6.07) is 7.63. The molecule has 1 aromatic rings. The van der Waals surface area contributed by atoms with Gasteiger partial charge in [0.05, 0.1) is 5.75 Å². The van der Waals surface area contributed by atoms with Gasteiger partial charge in [-0.1, -0.05) is 29.8 Å². The third-order valence-corrected chi connectivity index (χ3v) is 5.28. The molecule has 0 spiro atoms. The first-order valence-electron chi connectivity index (χ1n) is 6.28. The van der Waals surface area contributed by atoms with E-state index in [1.54, 1.807) is 4.31 Å². The van der Waals surface area contributed by atoms with Gasteiger partial charge in [-0.2, -0.15) is 4.31 Å². The van der Waals surface area contributed by atoms with Gasteiger partial charge in [0.2, 0.25) is 10.0 Å². The van der Waals surface area contributed by atoms with Gasteiger partial charge in [-0.3, -0.25) is 0 Å². The van der Waals surface area contributed by atoms with Crippen LogP contribution in [0, 0.1) is 6.92 Å². The van der Waals surface area contributed by atoms with Crippen molar-refractivity contribution < 1.29 is 8.42 Å². The highest BCUT2D eigenvalue weighted by atomic mass is 32.2. The zero-order chi connectivity index (χ0) is 13.2. The van der Waals surface area contributed by atoms with Gasteiger partial charge in [0.15, 0.2) is 0 Å². The van der Waals surface area contributed by atoms with Crippen molar-refractivity contribution in [3.05, 3.63) is 35.4 Å². The number of nitrogens with zero attached hydrogens (tertiary/aromatic N) is 1. The monoisotopic (exact) mass is 268 g/mol. The Kier molecular flexibility index (Phi) is 4.04. The molecule has 1 fully saturated rings. The average Bonchev–Trinajstić information content (AvgIpc) is 2.77. The molecule has 0 unspecified atom stereocenters. The number of hydrogen-bond donors (Lipinski definition) is 1. The minimum Gasteiger partial charge on any atom is -0.329 e. The molecule has 1 heterocycles.